The van der Waals surface area contributed by atoms with Crippen molar-refractivity contribution >= 4 is 17.7 Å². The van der Waals surface area contributed by atoms with E-state index < -0.39 is 0 Å². The number of nitrogens with zero attached hydrogens (tertiary/aromatic N) is 3. The van der Waals surface area contributed by atoms with Crippen LogP contribution < -0.4 is 5.32 Å². The second kappa shape index (κ2) is 8.10. The number of nitrogens with one attached hydrogen (secondary N) is 1. The summed E-state index contributed by atoms with van der Waals surface area (Å²) in [5, 5.41) is 3.05. The Kier molecular flexibility index (Phi) is 5.20. The topological polar surface area (TPSA) is 76.2 Å². The molecular weight excluding hydrogens is 368 g/mol. The molecule has 7 heteroatoms. The molecule has 1 unspecified atom stereocenters. The van der Waals surface area contributed by atoms with Gasteiger partial charge in [-0.05, 0) is 41.7 Å². The average molecular weight is 389 g/mol. The lowest BCUT2D eigenvalue weighted by molar-refractivity contribution is -0.736. The third kappa shape index (κ3) is 3.94. The fraction of sp³-hybridized carbons (Fsp3) is 0.182. The monoisotopic (exact) mass is 389 g/mol. The molecule has 0 saturated carbocycles. The maximum Gasteiger partial charge on any atom is 0.341 e. The largest absolute Gasteiger partial charge is 0.346 e. The number of hydrogen-bond donors (Lipinski definition) is 1. The lowest BCUT2D eigenvalue weighted by Crippen LogP contribution is -2.25. The smallest absolute Gasteiger partial charge is 0.341 e. The van der Waals surface area contributed by atoms with E-state index in [4.69, 9.17) is 4.84 Å². The van der Waals surface area contributed by atoms with Gasteiger partial charge in [-0.25, -0.2) is 9.82 Å². The summed E-state index contributed by atoms with van der Waals surface area (Å²) in [6.45, 7) is 0. The van der Waals surface area contributed by atoms with E-state index in [1.165, 1.54) is 24.3 Å². The van der Waals surface area contributed by atoms with Crippen molar-refractivity contribution in [1.82, 2.24) is 14.9 Å². The number of amides is 1. The molecule has 1 atom stereocenters. The SMILES string of the molecule is CO[N+](=O)c1cc(/C=C/C(=O)NC2CCc3ccccc32)ccc1-n1ccnc1. The van der Waals surface area contributed by atoms with E-state index in [1.54, 1.807) is 41.5 Å². The molecule has 0 radical (unpaired) electrons. The Morgan fingerprint density at radius 2 is 2.17 bits per heavy atom. The predicted octanol–water partition coefficient (Wildman–Crippen LogP) is 3.66. The highest BCUT2D eigenvalue weighted by molar-refractivity contribution is 5.92. The molecule has 1 aromatic heterocycles. The molecule has 1 aliphatic rings. The number of carbonyl (C=O) groups excluding carboxylic acids is 1. The Balaban J connectivity index is 1.51. The van der Waals surface area contributed by atoms with Gasteiger partial charge >= 0.3 is 5.69 Å². The van der Waals surface area contributed by atoms with Gasteiger partial charge in [0.05, 0.1) is 17.3 Å². The van der Waals surface area contributed by atoms with Crippen molar-refractivity contribution in [1.29, 1.82) is 0 Å². The number of carbonyl (C=O) groups is 1. The molecule has 0 bridgehead atoms. The minimum Gasteiger partial charge on any atom is -0.346 e. The van der Waals surface area contributed by atoms with Gasteiger partial charge in [-0.2, -0.15) is 0 Å². The molecule has 7 nitrogen and oxygen atoms in total. The van der Waals surface area contributed by atoms with E-state index in [2.05, 4.69) is 22.4 Å². The van der Waals surface area contributed by atoms with Crippen LogP contribution in [0.15, 0.2) is 67.3 Å². The van der Waals surface area contributed by atoms with Gasteiger partial charge in [-0.1, -0.05) is 30.3 Å². The number of aryl methyl sites for hydroxylation is 1. The number of aromatic nitrogens is 2. The molecule has 1 heterocycles. The third-order valence-corrected chi connectivity index (χ3v) is 5.02. The lowest BCUT2D eigenvalue weighted by atomic mass is 10.1. The second-order valence-corrected chi connectivity index (χ2v) is 6.79. The Morgan fingerprint density at radius 1 is 1.31 bits per heavy atom. The van der Waals surface area contributed by atoms with Crippen LogP contribution in [0.25, 0.3) is 11.8 Å². The number of benzene rings is 2. The van der Waals surface area contributed by atoms with Gasteiger partial charge in [-0.15, -0.1) is 0 Å². The van der Waals surface area contributed by atoms with Crippen molar-refractivity contribution in [3.8, 4) is 5.69 Å². The van der Waals surface area contributed by atoms with Crippen LogP contribution in [0, 0.1) is 4.91 Å². The molecular formula is C22H21N4O3+. The molecule has 3 aromatic rings. The van der Waals surface area contributed by atoms with Gasteiger partial charge < -0.3 is 9.88 Å². The zero-order chi connectivity index (χ0) is 20.2. The van der Waals surface area contributed by atoms with Crippen LogP contribution in [-0.2, 0) is 16.1 Å². The quantitative estimate of drug-likeness (QED) is 0.516. The number of fused-ring (bicyclic) bond motifs is 1. The van der Waals surface area contributed by atoms with Gasteiger partial charge in [0.1, 0.15) is 5.69 Å². The first kappa shape index (κ1) is 18.6. The van der Waals surface area contributed by atoms with E-state index in [9.17, 15) is 9.70 Å². The summed E-state index contributed by atoms with van der Waals surface area (Å²) in [4.78, 5) is 33.8. The van der Waals surface area contributed by atoms with E-state index in [0.717, 1.165) is 12.8 Å². The van der Waals surface area contributed by atoms with Gasteiger partial charge in [0.15, 0.2) is 7.11 Å². The summed E-state index contributed by atoms with van der Waals surface area (Å²) in [7, 11) is 1.31. The first-order valence-electron chi connectivity index (χ1n) is 9.36. The molecule has 0 spiro atoms. The number of hydrogen-bond acceptors (Lipinski definition) is 4. The molecule has 29 heavy (non-hydrogen) atoms. The molecule has 0 fully saturated rings. The summed E-state index contributed by atoms with van der Waals surface area (Å²) in [6, 6.07) is 13.5. The van der Waals surface area contributed by atoms with Crippen molar-refractivity contribution in [3.05, 3.63) is 88.9 Å². The number of imidazole rings is 1. The minimum atomic E-state index is -0.169. The van der Waals surface area contributed by atoms with Crippen LogP contribution in [0.2, 0.25) is 0 Å². The molecule has 4 rings (SSSR count). The Hall–Kier alpha value is -3.74. The predicted molar refractivity (Wildman–Crippen MR) is 109 cm³/mol. The maximum absolute atomic E-state index is 12.4. The van der Waals surface area contributed by atoms with Crippen LogP contribution in [0.4, 0.5) is 5.69 Å². The molecule has 146 valence electrons. The summed E-state index contributed by atoms with van der Waals surface area (Å²) >= 11 is 0. The Bertz CT molecular complexity index is 1070. The van der Waals surface area contributed by atoms with E-state index >= 15 is 0 Å². The molecule has 2 aromatic carbocycles. The fourth-order valence-electron chi connectivity index (χ4n) is 3.61. The van der Waals surface area contributed by atoms with Crippen molar-refractivity contribution in [2.24, 2.45) is 0 Å². The highest BCUT2D eigenvalue weighted by Crippen LogP contribution is 2.30. The normalized spacial score (nSPS) is 15.3. The van der Waals surface area contributed by atoms with E-state index in [1.807, 2.05) is 18.2 Å². The van der Waals surface area contributed by atoms with Crippen molar-refractivity contribution < 1.29 is 14.6 Å². The Labute approximate surface area is 168 Å². The van der Waals surface area contributed by atoms with Gasteiger partial charge in [0.2, 0.25) is 5.91 Å². The van der Waals surface area contributed by atoms with Gasteiger partial charge in [0.25, 0.3) is 4.92 Å². The first-order chi connectivity index (χ1) is 14.2. The van der Waals surface area contributed by atoms with Gasteiger partial charge in [0, 0.05) is 24.5 Å². The zero-order valence-electron chi connectivity index (χ0n) is 16.0. The summed E-state index contributed by atoms with van der Waals surface area (Å²) in [5.74, 6) is -0.169. The first-order valence-corrected chi connectivity index (χ1v) is 9.36. The maximum atomic E-state index is 12.4. The van der Waals surface area contributed by atoms with Crippen LogP contribution in [0.1, 0.15) is 29.2 Å². The Morgan fingerprint density at radius 3 is 2.97 bits per heavy atom. The van der Waals surface area contributed by atoms with Crippen LogP contribution >= 0.6 is 0 Å². The third-order valence-electron chi connectivity index (χ3n) is 5.02. The van der Waals surface area contributed by atoms with Crippen molar-refractivity contribution in [2.45, 2.75) is 18.9 Å². The molecule has 1 N–H and O–H groups in total. The lowest BCUT2D eigenvalue weighted by Gasteiger charge is -2.12. The zero-order valence-corrected chi connectivity index (χ0v) is 16.0. The molecule has 1 amide bonds. The summed E-state index contributed by atoms with van der Waals surface area (Å²) in [6.07, 6.45) is 10.0. The van der Waals surface area contributed by atoms with Crippen LogP contribution in [0.5, 0.6) is 0 Å². The van der Waals surface area contributed by atoms with E-state index in [-0.39, 0.29) is 11.9 Å². The second-order valence-electron chi connectivity index (χ2n) is 6.79. The molecule has 0 saturated heterocycles. The van der Waals surface area contributed by atoms with Gasteiger partial charge in [-0.3, -0.25) is 4.79 Å². The van der Waals surface area contributed by atoms with Crippen LogP contribution in [0.3, 0.4) is 0 Å². The summed E-state index contributed by atoms with van der Waals surface area (Å²) in [5.41, 5.74) is 4.13. The van der Waals surface area contributed by atoms with E-state index in [0.29, 0.717) is 21.9 Å². The highest BCUT2D eigenvalue weighted by Gasteiger charge is 2.23. The summed E-state index contributed by atoms with van der Waals surface area (Å²) < 4.78 is 1.72. The minimum absolute atomic E-state index is 0.0353. The number of rotatable bonds is 6. The van der Waals surface area contributed by atoms with Crippen LogP contribution in [-0.4, -0.2) is 27.5 Å². The van der Waals surface area contributed by atoms with Crippen molar-refractivity contribution in [2.75, 3.05) is 7.11 Å². The standard InChI is InChI=1S/C22H20N4O3/c1-29-26(28)21-14-16(6-10-20(21)25-13-12-23-15-25)7-11-22(27)24-19-9-8-17-4-2-3-5-18(17)19/h2-7,10-15,19H,8-9H2,1H3/p+1/b11-7+. The highest BCUT2D eigenvalue weighted by atomic mass is 16.8. The fourth-order valence-corrected chi connectivity index (χ4v) is 3.61. The average Bonchev–Trinajstić information content (AvgIpc) is 3.42. The molecule has 0 aliphatic heterocycles. The van der Waals surface area contributed by atoms with Crippen molar-refractivity contribution in [3.63, 3.8) is 0 Å². The molecule has 1 aliphatic carbocycles.